The fourth-order valence-corrected chi connectivity index (χ4v) is 1.90. The zero-order valence-corrected chi connectivity index (χ0v) is 11.4. The van der Waals surface area contributed by atoms with Gasteiger partial charge in [-0.2, -0.15) is 0 Å². The molecule has 0 saturated carbocycles. The van der Waals surface area contributed by atoms with E-state index in [0.717, 1.165) is 0 Å². The minimum atomic E-state index is -0.250. The summed E-state index contributed by atoms with van der Waals surface area (Å²) in [4.78, 5) is 19.5. The molecule has 1 aliphatic rings. The second-order valence-corrected chi connectivity index (χ2v) is 3.85. The highest BCUT2D eigenvalue weighted by Crippen LogP contribution is 2.30. The molecule has 2 N–H and O–H groups in total. The topological polar surface area (TPSA) is 66.4 Å². The Hall–Kier alpha value is -1.91. The molecule has 0 aromatic heterocycles. The van der Waals surface area contributed by atoms with Crippen molar-refractivity contribution in [1.29, 1.82) is 0 Å². The van der Waals surface area contributed by atoms with Crippen LogP contribution in [0.2, 0.25) is 0 Å². The quantitative estimate of drug-likeness (QED) is 0.770. The molecule has 1 unspecified atom stereocenters. The number of amides is 1. The number of carboxylic acid groups (broad SMARTS) is 1. The van der Waals surface area contributed by atoms with Crippen LogP contribution < -0.4 is 5.32 Å². The van der Waals surface area contributed by atoms with Gasteiger partial charge in [-0.1, -0.05) is 39.0 Å². The molecule has 5 heteroatoms. The van der Waals surface area contributed by atoms with Crippen molar-refractivity contribution in [2.24, 2.45) is 5.92 Å². The number of nitrogens with one attached hydrogen (secondary N) is 1. The van der Waals surface area contributed by atoms with Crippen molar-refractivity contribution in [1.82, 2.24) is 5.32 Å². The molecule has 0 spiro atoms. The van der Waals surface area contributed by atoms with Crippen molar-refractivity contribution in [2.45, 2.75) is 33.2 Å². The Labute approximate surface area is 112 Å². The van der Waals surface area contributed by atoms with Gasteiger partial charge in [0.25, 0.3) is 6.47 Å². The number of rotatable bonds is 1. The van der Waals surface area contributed by atoms with Gasteiger partial charge >= 0.3 is 0 Å². The third-order valence-corrected chi connectivity index (χ3v) is 2.63. The summed E-state index contributed by atoms with van der Waals surface area (Å²) in [6.45, 7) is 5.70. The molecule has 19 heavy (non-hydrogen) atoms. The van der Waals surface area contributed by atoms with Crippen molar-refractivity contribution < 1.29 is 19.1 Å². The lowest BCUT2D eigenvalue weighted by atomic mass is 9.96. The second-order valence-electron chi connectivity index (χ2n) is 3.85. The predicted molar refractivity (Wildman–Crippen MR) is 71.1 cm³/mol. The van der Waals surface area contributed by atoms with Crippen LogP contribution >= 0.6 is 0 Å². The highest BCUT2D eigenvalue weighted by Gasteiger charge is 2.31. The molecule has 1 aliphatic heterocycles. The minimum absolute atomic E-state index is 0.00533. The van der Waals surface area contributed by atoms with Crippen LogP contribution in [-0.4, -0.2) is 17.5 Å². The number of hydrogen-bond donors (Lipinski definition) is 2. The van der Waals surface area contributed by atoms with Crippen molar-refractivity contribution in [2.75, 3.05) is 0 Å². The van der Waals surface area contributed by atoms with Crippen LogP contribution in [-0.2, 0) is 9.59 Å². The first-order chi connectivity index (χ1) is 9.10. The Morgan fingerprint density at radius 3 is 2.32 bits per heavy atom. The third kappa shape index (κ3) is 5.07. The maximum absolute atomic E-state index is 13.4. The average Bonchev–Trinajstić information content (AvgIpc) is 2.72. The second kappa shape index (κ2) is 9.08. The third-order valence-electron chi connectivity index (χ3n) is 2.63. The van der Waals surface area contributed by atoms with Gasteiger partial charge in [0, 0.05) is 12.0 Å². The molecule has 106 valence electrons. The van der Waals surface area contributed by atoms with Crippen molar-refractivity contribution in [3.63, 3.8) is 0 Å². The van der Waals surface area contributed by atoms with E-state index in [1.54, 1.807) is 18.2 Å². The van der Waals surface area contributed by atoms with E-state index in [0.29, 0.717) is 12.0 Å². The smallest absolute Gasteiger partial charge is 0.290 e. The summed E-state index contributed by atoms with van der Waals surface area (Å²) in [6.07, 6.45) is 0.485. The Balaban J connectivity index is 0.000000573. The molecule has 2 atom stereocenters. The Morgan fingerprint density at radius 2 is 1.89 bits per heavy atom. The van der Waals surface area contributed by atoms with Gasteiger partial charge in [-0.05, 0) is 12.0 Å². The lowest BCUT2D eigenvalue weighted by Gasteiger charge is -2.15. The maximum atomic E-state index is 13.4. The molecule has 2 rings (SSSR count). The standard InChI is InChI=1S/C11H12FNO.C2H6.CH2O2/c1-7-6-10(14)13-11(7)8-4-2-3-5-9(8)12;1-2;2-1-3/h2-5,7,11H,6H2,1H3,(H,13,14);1-2H3;1H,(H,2,3)/t7?,11-;;/m0../s1. The van der Waals surface area contributed by atoms with Crippen molar-refractivity contribution in [3.8, 4) is 0 Å². The molecular weight excluding hydrogens is 249 g/mol. The monoisotopic (exact) mass is 269 g/mol. The lowest BCUT2D eigenvalue weighted by Crippen LogP contribution is -2.21. The molecule has 0 bridgehead atoms. The number of benzene rings is 1. The van der Waals surface area contributed by atoms with Crippen LogP contribution in [0.25, 0.3) is 0 Å². The normalized spacial score (nSPS) is 20.3. The summed E-state index contributed by atoms with van der Waals surface area (Å²) in [5, 5.41) is 9.67. The molecule has 1 fully saturated rings. The maximum Gasteiger partial charge on any atom is 0.290 e. The molecule has 0 aliphatic carbocycles. The first-order valence-electron chi connectivity index (χ1n) is 6.21. The van der Waals surface area contributed by atoms with E-state index in [2.05, 4.69) is 5.32 Å². The Bertz CT molecular complexity index is 409. The minimum Gasteiger partial charge on any atom is -0.483 e. The summed E-state index contributed by atoms with van der Waals surface area (Å²) >= 11 is 0. The van der Waals surface area contributed by atoms with Gasteiger partial charge in [-0.25, -0.2) is 4.39 Å². The van der Waals surface area contributed by atoms with Gasteiger partial charge in [0.05, 0.1) is 6.04 Å². The lowest BCUT2D eigenvalue weighted by molar-refractivity contribution is -0.123. The zero-order chi connectivity index (χ0) is 14.8. The van der Waals surface area contributed by atoms with Gasteiger partial charge in [-0.3, -0.25) is 9.59 Å². The van der Waals surface area contributed by atoms with Crippen LogP contribution in [0.3, 0.4) is 0 Å². The van der Waals surface area contributed by atoms with Crippen LogP contribution in [0.1, 0.15) is 38.8 Å². The van der Waals surface area contributed by atoms with Crippen LogP contribution in [0.15, 0.2) is 24.3 Å². The summed E-state index contributed by atoms with van der Waals surface area (Å²) in [6, 6.07) is 6.42. The van der Waals surface area contributed by atoms with Crippen LogP contribution in [0.4, 0.5) is 4.39 Å². The van der Waals surface area contributed by atoms with E-state index in [1.807, 2.05) is 20.8 Å². The highest BCUT2D eigenvalue weighted by atomic mass is 19.1. The number of carbonyl (C=O) groups excluding carboxylic acids is 1. The molecule has 1 saturated heterocycles. The fraction of sp³-hybridized carbons (Fsp3) is 0.429. The molecule has 1 heterocycles. The molecule has 1 aromatic carbocycles. The predicted octanol–water partition coefficient (Wildman–Crippen LogP) is 2.75. The molecule has 4 nitrogen and oxygen atoms in total. The van der Waals surface area contributed by atoms with E-state index >= 15 is 0 Å². The van der Waals surface area contributed by atoms with Gasteiger partial charge < -0.3 is 10.4 Å². The van der Waals surface area contributed by atoms with Gasteiger partial charge in [0.1, 0.15) is 5.82 Å². The van der Waals surface area contributed by atoms with Gasteiger partial charge in [0.15, 0.2) is 0 Å². The Kier molecular flexibility index (Phi) is 8.17. The van der Waals surface area contributed by atoms with E-state index in [9.17, 15) is 9.18 Å². The van der Waals surface area contributed by atoms with E-state index in [4.69, 9.17) is 9.90 Å². The van der Waals surface area contributed by atoms with Gasteiger partial charge in [-0.15, -0.1) is 0 Å². The number of carbonyl (C=O) groups is 2. The summed E-state index contributed by atoms with van der Waals surface area (Å²) < 4.78 is 13.4. The number of hydrogen-bond acceptors (Lipinski definition) is 2. The largest absolute Gasteiger partial charge is 0.483 e. The molecule has 0 radical (unpaired) electrons. The number of halogens is 1. The van der Waals surface area contributed by atoms with E-state index in [-0.39, 0.29) is 30.2 Å². The first kappa shape index (κ1) is 17.1. The van der Waals surface area contributed by atoms with Gasteiger partial charge in [0.2, 0.25) is 5.91 Å². The SMILES string of the molecule is CC.CC1CC(=O)N[C@@H]1c1ccccc1F.O=CO. The molecule has 1 aromatic rings. The van der Waals surface area contributed by atoms with E-state index < -0.39 is 0 Å². The molecule has 1 amide bonds. The average molecular weight is 269 g/mol. The zero-order valence-electron chi connectivity index (χ0n) is 11.4. The molecular formula is C14H20FNO3. The van der Waals surface area contributed by atoms with Crippen LogP contribution in [0, 0.1) is 11.7 Å². The summed E-state index contributed by atoms with van der Waals surface area (Å²) in [5.41, 5.74) is 0.589. The van der Waals surface area contributed by atoms with Crippen LogP contribution in [0.5, 0.6) is 0 Å². The highest BCUT2D eigenvalue weighted by molar-refractivity contribution is 5.79. The van der Waals surface area contributed by atoms with Crippen molar-refractivity contribution in [3.05, 3.63) is 35.6 Å². The first-order valence-corrected chi connectivity index (χ1v) is 6.21. The summed E-state index contributed by atoms with van der Waals surface area (Å²) in [7, 11) is 0. The fourth-order valence-electron chi connectivity index (χ4n) is 1.90. The Morgan fingerprint density at radius 1 is 1.37 bits per heavy atom. The summed E-state index contributed by atoms with van der Waals surface area (Å²) in [5.74, 6) is -0.0725. The van der Waals surface area contributed by atoms with E-state index in [1.165, 1.54) is 6.07 Å². The van der Waals surface area contributed by atoms with Crippen molar-refractivity contribution >= 4 is 12.4 Å².